The molecule has 2 N–H and O–H groups in total. The molecule has 30 heavy (non-hydrogen) atoms. The fourth-order valence-corrected chi connectivity index (χ4v) is 3.59. The summed E-state index contributed by atoms with van der Waals surface area (Å²) in [6, 6.07) is 12.7. The van der Waals surface area contributed by atoms with E-state index >= 15 is 0 Å². The number of ether oxygens (including phenoxy) is 1. The average Bonchev–Trinajstić information content (AvgIpc) is 2.74. The highest BCUT2D eigenvalue weighted by Gasteiger charge is 2.08. The second-order valence-electron chi connectivity index (χ2n) is 7.08. The predicted molar refractivity (Wildman–Crippen MR) is 126 cm³/mol. The molecule has 0 aliphatic heterocycles. The van der Waals surface area contributed by atoms with Gasteiger partial charge in [-0.15, -0.1) is 0 Å². The Kier molecular flexibility index (Phi) is 9.93. The summed E-state index contributed by atoms with van der Waals surface area (Å²) >= 11 is 2.26. The summed E-state index contributed by atoms with van der Waals surface area (Å²) in [7, 11) is 1.83. The van der Waals surface area contributed by atoms with Crippen LogP contribution in [0.15, 0.2) is 42.5 Å². The van der Waals surface area contributed by atoms with Crippen LogP contribution < -0.4 is 10.1 Å². The maximum atomic E-state index is 12.0. The Hall–Kier alpha value is -2.29. The zero-order valence-corrected chi connectivity index (χ0v) is 19.6. The van der Waals surface area contributed by atoms with Crippen molar-refractivity contribution < 1.29 is 19.4 Å². The summed E-state index contributed by atoms with van der Waals surface area (Å²) < 4.78 is 6.87. The van der Waals surface area contributed by atoms with Crippen LogP contribution in [0.25, 0.3) is 0 Å². The highest BCUT2D eigenvalue weighted by Crippen LogP contribution is 2.22. The second kappa shape index (κ2) is 12.4. The highest BCUT2D eigenvalue weighted by atomic mass is 127. The molecule has 0 radical (unpaired) electrons. The van der Waals surface area contributed by atoms with Crippen molar-refractivity contribution in [3.8, 4) is 11.5 Å². The van der Waals surface area contributed by atoms with Gasteiger partial charge in [-0.3, -0.25) is 9.59 Å². The summed E-state index contributed by atoms with van der Waals surface area (Å²) in [6.45, 7) is 3.63. The van der Waals surface area contributed by atoms with Crippen LogP contribution in [0.5, 0.6) is 11.5 Å². The molecule has 7 heteroatoms. The van der Waals surface area contributed by atoms with Gasteiger partial charge in [-0.25, -0.2) is 0 Å². The molecule has 2 amide bonds. The molecule has 0 aliphatic carbocycles. The molecule has 0 aliphatic rings. The van der Waals surface area contributed by atoms with Crippen molar-refractivity contribution in [2.75, 3.05) is 26.7 Å². The van der Waals surface area contributed by atoms with Gasteiger partial charge in [-0.05, 0) is 70.8 Å². The van der Waals surface area contributed by atoms with Gasteiger partial charge in [0.25, 0.3) is 0 Å². The number of hydrogen-bond donors (Lipinski definition) is 2. The lowest BCUT2D eigenvalue weighted by atomic mass is 10.1. The number of aromatic hydroxyl groups is 1. The van der Waals surface area contributed by atoms with Crippen molar-refractivity contribution >= 4 is 34.4 Å². The van der Waals surface area contributed by atoms with Crippen LogP contribution in [-0.4, -0.2) is 48.6 Å². The van der Waals surface area contributed by atoms with Crippen molar-refractivity contribution in [1.82, 2.24) is 10.2 Å². The molecule has 6 nitrogen and oxygen atoms in total. The molecule has 2 aromatic rings. The van der Waals surface area contributed by atoms with Gasteiger partial charge in [0.05, 0.1) is 16.6 Å². The van der Waals surface area contributed by atoms with Crippen LogP contribution >= 0.6 is 22.6 Å². The molecule has 0 saturated carbocycles. The Balaban J connectivity index is 1.67. The van der Waals surface area contributed by atoms with Gasteiger partial charge in [0.1, 0.15) is 11.5 Å². The zero-order chi connectivity index (χ0) is 21.9. The molecular formula is C23H29IN2O4. The van der Waals surface area contributed by atoms with E-state index in [0.29, 0.717) is 39.0 Å². The molecule has 2 rings (SSSR count). The summed E-state index contributed by atoms with van der Waals surface area (Å²) in [4.78, 5) is 25.4. The lowest BCUT2D eigenvalue weighted by Crippen LogP contribution is -2.27. The van der Waals surface area contributed by atoms with Crippen LogP contribution in [0.1, 0.15) is 30.9 Å². The summed E-state index contributed by atoms with van der Waals surface area (Å²) in [5, 5.41) is 12.2. The fourth-order valence-electron chi connectivity index (χ4n) is 2.85. The first-order valence-electron chi connectivity index (χ1n) is 10.1. The number of carbonyl (C=O) groups excluding carboxylic acids is 2. The van der Waals surface area contributed by atoms with E-state index in [2.05, 4.69) is 34.0 Å². The number of halogens is 1. The fraction of sp³-hybridized carbons (Fsp3) is 0.391. The largest absolute Gasteiger partial charge is 0.508 e. The monoisotopic (exact) mass is 524 g/mol. The van der Waals surface area contributed by atoms with Gasteiger partial charge in [-0.2, -0.15) is 0 Å². The number of phenols is 1. The van der Waals surface area contributed by atoms with Crippen molar-refractivity contribution in [2.45, 2.75) is 32.6 Å². The van der Waals surface area contributed by atoms with E-state index in [0.717, 1.165) is 21.3 Å². The van der Waals surface area contributed by atoms with Crippen molar-refractivity contribution in [2.24, 2.45) is 0 Å². The summed E-state index contributed by atoms with van der Waals surface area (Å²) in [6.07, 6.45) is 2.34. The SMILES string of the molecule is CCC(=O)N(C)CCc1ccc(OCCCNC(=O)Cc2ccc(O)cc2)c(I)c1. The quantitative estimate of drug-likeness (QED) is 0.348. The highest BCUT2D eigenvalue weighted by molar-refractivity contribution is 14.1. The third-order valence-electron chi connectivity index (χ3n) is 4.66. The number of amides is 2. The van der Waals surface area contributed by atoms with Crippen LogP contribution in [0.4, 0.5) is 0 Å². The number of nitrogens with zero attached hydrogens (tertiary/aromatic N) is 1. The molecule has 162 valence electrons. The molecule has 0 unspecified atom stereocenters. The Morgan fingerprint density at radius 2 is 1.83 bits per heavy atom. The maximum absolute atomic E-state index is 12.0. The molecule has 0 fully saturated rings. The first kappa shape index (κ1) is 24.0. The maximum Gasteiger partial charge on any atom is 0.224 e. The van der Waals surface area contributed by atoms with E-state index in [1.54, 1.807) is 29.2 Å². The minimum atomic E-state index is -0.0499. The molecule has 0 aromatic heterocycles. The Morgan fingerprint density at radius 1 is 1.13 bits per heavy atom. The Bertz CT molecular complexity index is 840. The number of carbonyl (C=O) groups is 2. The number of rotatable bonds is 11. The van der Waals surface area contributed by atoms with Crippen molar-refractivity contribution in [3.63, 3.8) is 0 Å². The molecular weight excluding hydrogens is 495 g/mol. The third-order valence-corrected chi connectivity index (χ3v) is 5.51. The van der Waals surface area contributed by atoms with Crippen molar-refractivity contribution in [1.29, 1.82) is 0 Å². The molecule has 0 bridgehead atoms. The minimum Gasteiger partial charge on any atom is -0.508 e. The van der Waals surface area contributed by atoms with E-state index in [4.69, 9.17) is 4.74 Å². The van der Waals surface area contributed by atoms with Gasteiger partial charge in [-0.1, -0.05) is 25.1 Å². The number of nitrogens with one attached hydrogen (secondary N) is 1. The Morgan fingerprint density at radius 3 is 2.50 bits per heavy atom. The van der Waals surface area contributed by atoms with Crippen LogP contribution in [0.3, 0.4) is 0 Å². The average molecular weight is 524 g/mol. The lowest BCUT2D eigenvalue weighted by Gasteiger charge is -2.16. The van der Waals surface area contributed by atoms with E-state index in [1.807, 2.05) is 26.1 Å². The Labute approximate surface area is 191 Å². The molecule has 0 heterocycles. The zero-order valence-electron chi connectivity index (χ0n) is 17.5. The normalized spacial score (nSPS) is 10.5. The number of hydrogen-bond acceptors (Lipinski definition) is 4. The standard InChI is InChI=1S/C23H29IN2O4/c1-3-23(29)26(2)13-11-18-7-10-21(20(24)15-18)30-14-4-12-25-22(28)16-17-5-8-19(27)9-6-17/h5-10,15,27H,3-4,11-14,16H2,1-2H3,(H,25,28). The van der Waals surface area contributed by atoms with Crippen LogP contribution in [-0.2, 0) is 22.4 Å². The molecule has 0 spiro atoms. The number of phenolic OH excluding ortho intramolecular Hbond substituents is 1. The van der Waals surface area contributed by atoms with Crippen LogP contribution in [0, 0.1) is 3.57 Å². The van der Waals surface area contributed by atoms with E-state index < -0.39 is 0 Å². The molecule has 0 atom stereocenters. The van der Waals surface area contributed by atoms with Crippen molar-refractivity contribution in [3.05, 3.63) is 57.2 Å². The number of likely N-dealkylation sites (N-methyl/N-ethyl adjacent to an activating group) is 1. The van der Waals surface area contributed by atoms with Gasteiger partial charge in [0.2, 0.25) is 11.8 Å². The third kappa shape index (κ3) is 8.22. The van der Waals surface area contributed by atoms with Gasteiger partial charge in [0, 0.05) is 26.6 Å². The topological polar surface area (TPSA) is 78.9 Å². The molecule has 0 saturated heterocycles. The lowest BCUT2D eigenvalue weighted by molar-refractivity contribution is -0.129. The van der Waals surface area contributed by atoms with Crippen LogP contribution in [0.2, 0.25) is 0 Å². The summed E-state index contributed by atoms with van der Waals surface area (Å²) in [5.74, 6) is 1.12. The van der Waals surface area contributed by atoms with Gasteiger partial charge in [0.15, 0.2) is 0 Å². The first-order valence-corrected chi connectivity index (χ1v) is 11.2. The first-order chi connectivity index (χ1) is 14.4. The second-order valence-corrected chi connectivity index (χ2v) is 8.24. The van der Waals surface area contributed by atoms with E-state index in [1.165, 1.54) is 5.56 Å². The predicted octanol–water partition coefficient (Wildman–Crippen LogP) is 3.54. The van der Waals surface area contributed by atoms with Gasteiger partial charge < -0.3 is 20.1 Å². The number of benzene rings is 2. The van der Waals surface area contributed by atoms with Gasteiger partial charge >= 0.3 is 0 Å². The molecule has 2 aromatic carbocycles. The minimum absolute atomic E-state index is 0.0499. The van der Waals surface area contributed by atoms with E-state index in [9.17, 15) is 14.7 Å². The van der Waals surface area contributed by atoms with E-state index in [-0.39, 0.29) is 17.6 Å². The summed E-state index contributed by atoms with van der Waals surface area (Å²) in [5.41, 5.74) is 2.03. The smallest absolute Gasteiger partial charge is 0.224 e.